The second-order valence-electron chi connectivity index (χ2n) is 8.31. The minimum atomic E-state index is 0.528. The van der Waals surface area contributed by atoms with Crippen molar-refractivity contribution in [1.29, 1.82) is 5.26 Å². The van der Waals surface area contributed by atoms with Crippen LogP contribution in [-0.4, -0.2) is 22.6 Å². The molecule has 0 atom stereocenters. The summed E-state index contributed by atoms with van der Waals surface area (Å²) in [5, 5.41) is 17.1. The van der Waals surface area contributed by atoms with Gasteiger partial charge in [-0.05, 0) is 84.5 Å². The molecular weight excluding hydrogens is 424 g/mol. The second kappa shape index (κ2) is 13.1. The number of hydrogen-bond donors (Lipinski definition) is 1. The lowest BCUT2D eigenvalue weighted by Crippen LogP contribution is -2.28. The number of allylic oxidation sites excluding steroid dienone is 4. The minimum absolute atomic E-state index is 0.528. The van der Waals surface area contributed by atoms with E-state index < -0.39 is 0 Å². The van der Waals surface area contributed by atoms with Gasteiger partial charge >= 0.3 is 0 Å². The van der Waals surface area contributed by atoms with Crippen LogP contribution in [0.25, 0.3) is 29.5 Å². The zero-order valence-electron chi connectivity index (χ0n) is 20.8. The highest BCUT2D eigenvalue weighted by molar-refractivity contribution is 8.01. The molecule has 0 fully saturated rings. The van der Waals surface area contributed by atoms with Crippen LogP contribution in [0.2, 0.25) is 0 Å². The molecule has 0 aliphatic heterocycles. The maximum Gasteiger partial charge on any atom is 0.108 e. The van der Waals surface area contributed by atoms with Gasteiger partial charge < -0.3 is 9.47 Å². The van der Waals surface area contributed by atoms with Crippen molar-refractivity contribution in [2.45, 2.75) is 53.4 Å². The van der Waals surface area contributed by atoms with Gasteiger partial charge in [-0.1, -0.05) is 51.5 Å². The fraction of sp³-hybridized carbons (Fsp3) is 0.393. The number of aromatic nitrogens is 1. The van der Waals surface area contributed by atoms with E-state index in [9.17, 15) is 5.26 Å². The quantitative estimate of drug-likeness (QED) is 0.270. The number of nitrogens with two attached hydrogens (primary N) is 1. The van der Waals surface area contributed by atoms with Crippen molar-refractivity contribution in [2.75, 3.05) is 13.1 Å². The summed E-state index contributed by atoms with van der Waals surface area (Å²) >= 11 is 0.992. The first kappa shape index (κ1) is 26.6. The van der Waals surface area contributed by atoms with Crippen molar-refractivity contribution in [3.8, 4) is 17.3 Å². The third kappa shape index (κ3) is 6.66. The fourth-order valence-electron chi connectivity index (χ4n) is 4.11. The lowest BCUT2D eigenvalue weighted by atomic mass is 10.1. The Labute approximate surface area is 203 Å². The molecule has 0 saturated heterocycles. The molecule has 0 saturated carbocycles. The summed E-state index contributed by atoms with van der Waals surface area (Å²) in [6.07, 6.45) is 9.31. The van der Waals surface area contributed by atoms with Crippen molar-refractivity contribution >= 4 is 30.2 Å². The van der Waals surface area contributed by atoms with Crippen LogP contribution in [0.15, 0.2) is 47.0 Å². The molecule has 0 aliphatic rings. The average molecular weight is 463 g/mol. The molecule has 4 nitrogen and oxygen atoms in total. The first-order chi connectivity index (χ1) is 15.9. The molecular formula is C28H38N4S. The first-order valence-electron chi connectivity index (χ1n) is 11.8. The first-order valence-corrected chi connectivity index (χ1v) is 12.7. The molecule has 2 rings (SSSR count). The molecule has 0 unspecified atom stereocenters. The summed E-state index contributed by atoms with van der Waals surface area (Å²) in [6.45, 7) is 15.0. The van der Waals surface area contributed by atoms with Crippen molar-refractivity contribution < 1.29 is 0 Å². The summed E-state index contributed by atoms with van der Waals surface area (Å²) in [4.78, 5) is 3.02. The van der Waals surface area contributed by atoms with E-state index in [0.29, 0.717) is 4.91 Å². The Balaban J connectivity index is 2.41. The van der Waals surface area contributed by atoms with Crippen molar-refractivity contribution in [3.63, 3.8) is 0 Å². The summed E-state index contributed by atoms with van der Waals surface area (Å²) in [5.41, 5.74) is 5.32. The van der Waals surface area contributed by atoms with Gasteiger partial charge in [0.25, 0.3) is 0 Å². The van der Waals surface area contributed by atoms with E-state index >= 15 is 0 Å². The molecule has 176 valence electrons. The van der Waals surface area contributed by atoms with Gasteiger partial charge in [0.05, 0.1) is 0 Å². The highest BCUT2D eigenvalue weighted by Crippen LogP contribution is 2.28. The standard InChI is InChI=1S/C28H38N4S/c1-7-10-11-17-32(16-8-2)25(9-3)19-23-12-13-24(18-21(23)4)27-15-14-26(31(27)6)22(5)28(20-29)33-30/h9,12-15,18-19H,4,7-8,10-11,16-17,30H2,1-3,5-6H3/b23-19-,25-9+,28-22+. The largest absolute Gasteiger partial charge is 0.372 e. The van der Waals surface area contributed by atoms with Crippen LogP contribution in [-0.2, 0) is 7.05 Å². The highest BCUT2D eigenvalue weighted by atomic mass is 32.2. The Hall–Kier alpha value is -2.68. The van der Waals surface area contributed by atoms with Gasteiger partial charge in [-0.25, -0.2) is 0 Å². The van der Waals surface area contributed by atoms with E-state index in [1.165, 1.54) is 25.0 Å². The molecule has 0 spiro atoms. The van der Waals surface area contributed by atoms with Crippen LogP contribution >= 0.6 is 11.9 Å². The predicted octanol–water partition coefficient (Wildman–Crippen LogP) is 5.55. The maximum absolute atomic E-state index is 9.33. The molecule has 0 bridgehead atoms. The van der Waals surface area contributed by atoms with Gasteiger partial charge in [-0.3, -0.25) is 5.14 Å². The van der Waals surface area contributed by atoms with E-state index in [2.05, 4.69) is 79.3 Å². The molecule has 2 N–H and O–H groups in total. The topological polar surface area (TPSA) is 58.0 Å². The van der Waals surface area contributed by atoms with Gasteiger partial charge in [0, 0.05) is 37.2 Å². The third-order valence-corrected chi connectivity index (χ3v) is 6.63. The minimum Gasteiger partial charge on any atom is -0.372 e. The molecule has 1 heterocycles. The number of nitrogens with zero attached hydrogens (tertiary/aromatic N) is 3. The van der Waals surface area contributed by atoms with Crippen molar-refractivity contribution in [1.82, 2.24) is 9.47 Å². The molecule has 0 aliphatic carbocycles. The lowest BCUT2D eigenvalue weighted by molar-refractivity contribution is 0.348. The van der Waals surface area contributed by atoms with Gasteiger partial charge in [0.15, 0.2) is 0 Å². The smallest absolute Gasteiger partial charge is 0.108 e. The van der Waals surface area contributed by atoms with Gasteiger partial charge in [-0.15, -0.1) is 0 Å². The van der Waals surface area contributed by atoms with Gasteiger partial charge in [-0.2, -0.15) is 5.26 Å². The van der Waals surface area contributed by atoms with E-state index in [4.69, 9.17) is 5.14 Å². The van der Waals surface area contributed by atoms with Gasteiger partial charge in [0.1, 0.15) is 11.0 Å². The Morgan fingerprint density at radius 3 is 2.52 bits per heavy atom. The average Bonchev–Trinajstić information content (AvgIpc) is 3.20. The van der Waals surface area contributed by atoms with Crippen molar-refractivity contribution in [2.24, 2.45) is 12.2 Å². The Morgan fingerprint density at radius 2 is 1.94 bits per heavy atom. The number of benzene rings is 1. The van der Waals surface area contributed by atoms with Crippen LogP contribution in [0.5, 0.6) is 0 Å². The van der Waals surface area contributed by atoms with Crippen LogP contribution in [0.4, 0.5) is 0 Å². The fourth-order valence-corrected chi connectivity index (χ4v) is 4.44. The Kier molecular flexibility index (Phi) is 10.6. The zero-order chi connectivity index (χ0) is 24.4. The molecule has 0 radical (unpaired) electrons. The molecule has 2 aromatic rings. The van der Waals surface area contributed by atoms with Gasteiger partial charge in [0.2, 0.25) is 0 Å². The number of unbranched alkanes of at least 4 members (excludes halogenated alkanes) is 2. The normalized spacial score (nSPS) is 13.1. The number of hydrogen-bond acceptors (Lipinski definition) is 4. The molecule has 1 aromatic heterocycles. The predicted molar refractivity (Wildman–Crippen MR) is 145 cm³/mol. The zero-order valence-corrected chi connectivity index (χ0v) is 21.6. The Bertz CT molecular complexity index is 1150. The SMILES string of the molecule is C=c1cc(-c2ccc(/C(C)=C(\C#N)SN)n2C)cc/c1=C/C(=C\C)N(CCC)CCCCC. The maximum atomic E-state index is 9.33. The van der Waals surface area contributed by atoms with Crippen LogP contribution in [0.1, 0.15) is 59.1 Å². The van der Waals surface area contributed by atoms with E-state index in [0.717, 1.165) is 64.4 Å². The molecule has 1 aromatic carbocycles. The van der Waals surface area contributed by atoms with Crippen LogP contribution < -0.4 is 15.6 Å². The summed E-state index contributed by atoms with van der Waals surface area (Å²) in [5.74, 6) is 0. The monoisotopic (exact) mass is 462 g/mol. The summed E-state index contributed by atoms with van der Waals surface area (Å²) < 4.78 is 2.11. The van der Waals surface area contributed by atoms with E-state index in [1.807, 2.05) is 20.0 Å². The van der Waals surface area contributed by atoms with Crippen molar-refractivity contribution in [3.05, 3.63) is 63.1 Å². The molecule has 0 amide bonds. The molecule has 33 heavy (non-hydrogen) atoms. The lowest BCUT2D eigenvalue weighted by Gasteiger charge is -2.25. The number of rotatable bonds is 11. The second-order valence-corrected chi connectivity index (χ2v) is 8.96. The Morgan fingerprint density at radius 1 is 1.18 bits per heavy atom. The molecule has 5 heteroatoms. The van der Waals surface area contributed by atoms with Crippen LogP contribution in [0, 0.1) is 11.3 Å². The highest BCUT2D eigenvalue weighted by Gasteiger charge is 2.12. The van der Waals surface area contributed by atoms with Crippen LogP contribution in [0.3, 0.4) is 0 Å². The summed E-state index contributed by atoms with van der Waals surface area (Å²) in [7, 11) is 2.02. The summed E-state index contributed by atoms with van der Waals surface area (Å²) in [6, 6.07) is 12.8. The van der Waals surface area contributed by atoms with E-state index in [1.54, 1.807) is 0 Å². The number of nitriles is 1. The van der Waals surface area contributed by atoms with E-state index in [-0.39, 0.29) is 0 Å². The third-order valence-electron chi connectivity index (χ3n) is 5.99.